The van der Waals surface area contributed by atoms with Crippen LogP contribution in [0.5, 0.6) is 0 Å². The molecule has 0 saturated carbocycles. The van der Waals surface area contributed by atoms with Crippen molar-refractivity contribution in [3.63, 3.8) is 0 Å². The van der Waals surface area contributed by atoms with Crippen LogP contribution in [0.1, 0.15) is 58.1 Å². The number of nitrogens with zero attached hydrogens (tertiary/aromatic N) is 4. The van der Waals surface area contributed by atoms with E-state index in [1.807, 2.05) is 17.9 Å². The van der Waals surface area contributed by atoms with Gasteiger partial charge in [0.05, 0.1) is 18.8 Å². The summed E-state index contributed by atoms with van der Waals surface area (Å²) in [4.78, 5) is 6.99. The predicted octanol–water partition coefficient (Wildman–Crippen LogP) is 3.16. The molecule has 0 aliphatic rings. The van der Waals surface area contributed by atoms with E-state index >= 15 is 0 Å². The first-order chi connectivity index (χ1) is 11.5. The molecule has 0 radical (unpaired) electrons. The number of rotatable bonds is 10. The fourth-order valence-corrected chi connectivity index (χ4v) is 2.68. The van der Waals surface area contributed by atoms with Crippen LogP contribution in [0.15, 0.2) is 17.4 Å². The first-order valence-corrected chi connectivity index (χ1v) is 9.17. The minimum absolute atomic E-state index is 0. The van der Waals surface area contributed by atoms with Crippen molar-refractivity contribution in [3.8, 4) is 0 Å². The maximum atomic E-state index is 4.80. The van der Waals surface area contributed by atoms with Crippen LogP contribution in [0.4, 0.5) is 0 Å². The second kappa shape index (κ2) is 13.4. The van der Waals surface area contributed by atoms with E-state index < -0.39 is 0 Å². The lowest BCUT2D eigenvalue weighted by atomic mass is 10.1. The number of likely N-dealkylation sites (N-methyl/N-ethyl adjacent to an activating group) is 1. The Hall–Kier alpha value is -0.830. The molecule has 1 aromatic heterocycles. The van der Waals surface area contributed by atoms with Gasteiger partial charge in [-0.3, -0.25) is 9.67 Å². The molecular weight excluding hydrogens is 427 g/mol. The fourth-order valence-electron chi connectivity index (χ4n) is 2.68. The molecule has 1 aromatic rings. The number of unbranched alkanes of at least 4 members (excludes halogenated alkanes) is 2. The molecule has 0 fully saturated rings. The average Bonchev–Trinajstić information content (AvgIpc) is 2.93. The van der Waals surface area contributed by atoms with Gasteiger partial charge in [0.2, 0.25) is 0 Å². The number of aromatic nitrogens is 2. The highest BCUT2D eigenvalue weighted by atomic mass is 127. The van der Waals surface area contributed by atoms with Crippen molar-refractivity contribution in [1.29, 1.82) is 0 Å². The van der Waals surface area contributed by atoms with Crippen LogP contribution in [-0.4, -0.2) is 53.9 Å². The zero-order chi connectivity index (χ0) is 17.9. The normalized spacial score (nSPS) is 14.1. The largest absolute Gasteiger partial charge is 0.357 e. The van der Waals surface area contributed by atoms with Gasteiger partial charge >= 0.3 is 0 Å². The molecule has 0 saturated heterocycles. The Morgan fingerprint density at radius 3 is 2.56 bits per heavy atom. The number of hydrogen-bond donors (Lipinski definition) is 2. The van der Waals surface area contributed by atoms with E-state index in [-0.39, 0.29) is 30.0 Å². The van der Waals surface area contributed by atoms with Gasteiger partial charge in [0.1, 0.15) is 0 Å². The summed E-state index contributed by atoms with van der Waals surface area (Å²) in [5, 5.41) is 11.2. The zero-order valence-corrected chi connectivity index (χ0v) is 19.1. The summed E-state index contributed by atoms with van der Waals surface area (Å²) in [6.45, 7) is 8.14. The summed E-state index contributed by atoms with van der Waals surface area (Å²) in [6.07, 6.45) is 8.99. The Morgan fingerprint density at radius 2 is 2.04 bits per heavy atom. The van der Waals surface area contributed by atoms with E-state index in [2.05, 4.69) is 61.7 Å². The summed E-state index contributed by atoms with van der Waals surface area (Å²) in [5.41, 5.74) is 1.19. The van der Waals surface area contributed by atoms with E-state index in [1.54, 1.807) is 0 Å². The summed E-state index contributed by atoms with van der Waals surface area (Å²) >= 11 is 0. The summed E-state index contributed by atoms with van der Waals surface area (Å²) < 4.78 is 1.84. The van der Waals surface area contributed by atoms with Crippen molar-refractivity contribution in [2.75, 3.05) is 27.2 Å². The first kappa shape index (κ1) is 24.2. The molecule has 2 unspecified atom stereocenters. The Bertz CT molecular complexity index is 486. The van der Waals surface area contributed by atoms with Crippen molar-refractivity contribution >= 4 is 29.9 Å². The molecule has 0 aliphatic carbocycles. The highest BCUT2D eigenvalue weighted by Gasteiger charge is 2.16. The van der Waals surface area contributed by atoms with Crippen LogP contribution in [0.2, 0.25) is 0 Å². The average molecular weight is 464 g/mol. The van der Waals surface area contributed by atoms with E-state index in [4.69, 9.17) is 4.99 Å². The molecule has 2 N–H and O–H groups in total. The lowest BCUT2D eigenvalue weighted by Crippen LogP contribution is -2.42. The van der Waals surface area contributed by atoms with Gasteiger partial charge in [-0.2, -0.15) is 5.10 Å². The number of hydrogen-bond acceptors (Lipinski definition) is 3. The maximum absolute atomic E-state index is 4.80. The number of aryl methyl sites for hydroxylation is 1. The minimum atomic E-state index is 0. The number of nitrogens with one attached hydrogen (secondary N) is 2. The highest BCUT2D eigenvalue weighted by molar-refractivity contribution is 14.0. The molecule has 0 amide bonds. The van der Waals surface area contributed by atoms with E-state index in [0.29, 0.717) is 12.6 Å². The molecule has 146 valence electrons. The molecule has 0 spiro atoms. The van der Waals surface area contributed by atoms with E-state index in [0.717, 1.165) is 12.5 Å². The zero-order valence-electron chi connectivity index (χ0n) is 16.7. The topological polar surface area (TPSA) is 57.5 Å². The van der Waals surface area contributed by atoms with Gasteiger partial charge < -0.3 is 15.5 Å². The molecule has 1 rings (SSSR count). The third-order valence-electron chi connectivity index (χ3n) is 4.12. The van der Waals surface area contributed by atoms with Crippen LogP contribution in [-0.2, 0) is 7.05 Å². The van der Waals surface area contributed by atoms with Crippen LogP contribution < -0.4 is 10.6 Å². The van der Waals surface area contributed by atoms with Crippen molar-refractivity contribution < 1.29 is 0 Å². The van der Waals surface area contributed by atoms with Crippen molar-refractivity contribution in [1.82, 2.24) is 25.3 Å². The maximum Gasteiger partial charge on any atom is 0.191 e. The third kappa shape index (κ3) is 9.44. The smallest absolute Gasteiger partial charge is 0.191 e. The highest BCUT2D eigenvalue weighted by Crippen LogP contribution is 2.17. The summed E-state index contributed by atoms with van der Waals surface area (Å²) in [7, 11) is 6.12. The van der Waals surface area contributed by atoms with E-state index in [9.17, 15) is 0 Å². The SMILES string of the molecule is CCCCCC(C)NC(=NCC(c1cnn(C)c1)N(C)C)NCC.I. The molecular formula is C18H37IN6. The van der Waals surface area contributed by atoms with Crippen molar-refractivity contribution in [3.05, 3.63) is 18.0 Å². The van der Waals surface area contributed by atoms with Gasteiger partial charge in [0.25, 0.3) is 0 Å². The second-order valence-electron chi connectivity index (χ2n) is 6.69. The summed E-state index contributed by atoms with van der Waals surface area (Å²) in [6, 6.07) is 0.662. The van der Waals surface area contributed by atoms with Crippen LogP contribution in [0.25, 0.3) is 0 Å². The number of aliphatic imine (C=N–C) groups is 1. The molecule has 1 heterocycles. The van der Waals surface area contributed by atoms with Crippen LogP contribution in [0, 0.1) is 0 Å². The lowest BCUT2D eigenvalue weighted by Gasteiger charge is -2.23. The minimum Gasteiger partial charge on any atom is -0.357 e. The molecule has 7 heteroatoms. The quantitative estimate of drug-likeness (QED) is 0.242. The monoisotopic (exact) mass is 464 g/mol. The van der Waals surface area contributed by atoms with Crippen molar-refractivity contribution in [2.45, 2.75) is 58.5 Å². The van der Waals surface area contributed by atoms with Gasteiger partial charge in [0.15, 0.2) is 5.96 Å². The van der Waals surface area contributed by atoms with Gasteiger partial charge in [-0.1, -0.05) is 26.2 Å². The Morgan fingerprint density at radius 1 is 1.32 bits per heavy atom. The van der Waals surface area contributed by atoms with Gasteiger partial charge in [-0.15, -0.1) is 24.0 Å². The first-order valence-electron chi connectivity index (χ1n) is 9.17. The Kier molecular flexibility index (Phi) is 12.9. The van der Waals surface area contributed by atoms with Gasteiger partial charge in [-0.05, 0) is 34.4 Å². The van der Waals surface area contributed by atoms with Crippen LogP contribution in [0.3, 0.4) is 0 Å². The van der Waals surface area contributed by atoms with Gasteiger partial charge in [-0.25, -0.2) is 0 Å². The van der Waals surface area contributed by atoms with Gasteiger partial charge in [0, 0.05) is 31.4 Å². The molecule has 0 bridgehead atoms. The number of guanidine groups is 1. The third-order valence-corrected chi connectivity index (χ3v) is 4.12. The Labute approximate surface area is 170 Å². The Balaban J connectivity index is 0.00000576. The van der Waals surface area contributed by atoms with Crippen molar-refractivity contribution in [2.24, 2.45) is 12.0 Å². The second-order valence-corrected chi connectivity index (χ2v) is 6.69. The molecule has 25 heavy (non-hydrogen) atoms. The van der Waals surface area contributed by atoms with Crippen LogP contribution >= 0.6 is 24.0 Å². The fraction of sp³-hybridized carbons (Fsp3) is 0.778. The molecule has 2 atom stereocenters. The molecule has 0 aliphatic heterocycles. The standard InChI is InChI=1S/C18H36N6.HI/c1-7-9-10-11-15(3)22-18(19-8-2)20-13-17(23(4)5)16-12-21-24(6)14-16;/h12,14-15,17H,7-11,13H2,1-6H3,(H2,19,20,22);1H. The summed E-state index contributed by atoms with van der Waals surface area (Å²) in [5.74, 6) is 0.900. The molecule has 6 nitrogen and oxygen atoms in total. The van der Waals surface area contributed by atoms with E-state index in [1.165, 1.54) is 31.2 Å². The number of halogens is 1. The predicted molar refractivity (Wildman–Crippen MR) is 118 cm³/mol. The lowest BCUT2D eigenvalue weighted by molar-refractivity contribution is 0.306. The molecule has 0 aromatic carbocycles.